The molecule has 1 aromatic carbocycles. The molecule has 0 spiro atoms. The van der Waals surface area contributed by atoms with E-state index in [1.54, 1.807) is 11.8 Å². The van der Waals surface area contributed by atoms with Crippen molar-refractivity contribution in [3.8, 4) is 0 Å². The third-order valence-electron chi connectivity index (χ3n) is 4.90. The van der Waals surface area contributed by atoms with Crippen LogP contribution in [0.3, 0.4) is 0 Å². The molecule has 0 radical (unpaired) electrons. The summed E-state index contributed by atoms with van der Waals surface area (Å²) in [5, 5.41) is 7.71. The average Bonchev–Trinajstić information content (AvgIpc) is 3.08. The van der Waals surface area contributed by atoms with Gasteiger partial charge in [0.2, 0.25) is 5.91 Å². The van der Waals surface area contributed by atoms with Gasteiger partial charge in [0.1, 0.15) is 0 Å². The van der Waals surface area contributed by atoms with E-state index in [1.165, 1.54) is 4.90 Å². The van der Waals surface area contributed by atoms with Gasteiger partial charge in [-0.2, -0.15) is 0 Å². The highest BCUT2D eigenvalue weighted by molar-refractivity contribution is 7.99. The van der Waals surface area contributed by atoms with Gasteiger partial charge in [-0.25, -0.2) is 13.2 Å². The number of thioether (sulfide) groups is 1. The number of fused-ring (bicyclic) bond motifs is 1. The fraction of sp³-hybridized carbons (Fsp3) is 0.556. The van der Waals surface area contributed by atoms with E-state index >= 15 is 0 Å². The molecule has 9 heteroatoms. The topological polar surface area (TPSA) is 104 Å². The predicted molar refractivity (Wildman–Crippen MR) is 105 cm³/mol. The largest absolute Gasteiger partial charge is 0.355 e. The van der Waals surface area contributed by atoms with E-state index in [0.717, 1.165) is 5.75 Å². The Morgan fingerprint density at radius 1 is 1.19 bits per heavy atom. The van der Waals surface area contributed by atoms with Gasteiger partial charge in [-0.05, 0) is 25.0 Å². The lowest BCUT2D eigenvalue weighted by atomic mass is 10.0. The van der Waals surface area contributed by atoms with Crippen LogP contribution < -0.4 is 16.0 Å². The van der Waals surface area contributed by atoms with Crippen LogP contribution in [0.15, 0.2) is 35.2 Å². The van der Waals surface area contributed by atoms with Gasteiger partial charge in [-0.15, -0.1) is 11.8 Å². The van der Waals surface area contributed by atoms with Crippen LogP contribution in [0.1, 0.15) is 25.7 Å². The summed E-state index contributed by atoms with van der Waals surface area (Å²) in [5.41, 5.74) is 0. The number of sulfone groups is 1. The van der Waals surface area contributed by atoms with Crippen LogP contribution in [0.2, 0.25) is 0 Å². The Hall–Kier alpha value is -1.74. The number of nitrogens with one attached hydrogen (secondary N) is 3. The zero-order chi connectivity index (χ0) is 19.3. The fourth-order valence-corrected chi connectivity index (χ4v) is 6.66. The van der Waals surface area contributed by atoms with E-state index < -0.39 is 15.1 Å². The molecule has 0 aliphatic carbocycles. The molecule has 3 atom stereocenters. The van der Waals surface area contributed by atoms with Crippen molar-refractivity contribution in [3.05, 3.63) is 30.3 Å². The summed E-state index contributed by atoms with van der Waals surface area (Å²) in [6, 6.07) is 9.07. The number of benzene rings is 1. The maximum atomic E-state index is 12.2. The molecule has 2 heterocycles. The second-order valence-corrected chi connectivity index (χ2v) is 10.3. The first-order valence-electron chi connectivity index (χ1n) is 9.19. The van der Waals surface area contributed by atoms with Gasteiger partial charge in [-0.1, -0.05) is 24.6 Å². The molecule has 0 aromatic heterocycles. The Morgan fingerprint density at radius 2 is 1.96 bits per heavy atom. The van der Waals surface area contributed by atoms with Crippen molar-refractivity contribution < 1.29 is 18.0 Å². The van der Waals surface area contributed by atoms with Crippen molar-refractivity contribution in [2.24, 2.45) is 0 Å². The maximum Gasteiger partial charge on any atom is 0.315 e. The predicted octanol–water partition coefficient (Wildman–Crippen LogP) is 1.30. The molecule has 2 aliphatic heterocycles. The zero-order valence-electron chi connectivity index (χ0n) is 15.0. The van der Waals surface area contributed by atoms with Crippen LogP contribution in [0, 0.1) is 0 Å². The van der Waals surface area contributed by atoms with Gasteiger partial charge in [0.25, 0.3) is 0 Å². The Bertz CT molecular complexity index is 770. The molecule has 148 valence electrons. The third kappa shape index (κ3) is 5.38. The molecule has 3 unspecified atom stereocenters. The van der Waals surface area contributed by atoms with Gasteiger partial charge in [0, 0.05) is 23.6 Å². The summed E-state index contributed by atoms with van der Waals surface area (Å²) < 4.78 is 24.5. The highest BCUT2D eigenvalue weighted by Gasteiger charge is 2.51. The van der Waals surface area contributed by atoms with Crippen LogP contribution >= 0.6 is 11.8 Å². The Labute approximate surface area is 164 Å². The minimum atomic E-state index is -3.19. The summed E-state index contributed by atoms with van der Waals surface area (Å²) in [6.07, 6.45) is 2.15. The van der Waals surface area contributed by atoms with Crippen molar-refractivity contribution in [1.82, 2.24) is 16.0 Å². The quantitative estimate of drug-likeness (QED) is 0.323. The van der Waals surface area contributed by atoms with Gasteiger partial charge in [-0.3, -0.25) is 4.79 Å². The van der Waals surface area contributed by atoms with E-state index in [4.69, 9.17) is 0 Å². The Balaban J connectivity index is 1.30. The lowest BCUT2D eigenvalue weighted by Crippen LogP contribution is -2.39. The van der Waals surface area contributed by atoms with E-state index in [1.807, 2.05) is 30.3 Å². The molecule has 0 saturated carbocycles. The number of amides is 3. The van der Waals surface area contributed by atoms with Gasteiger partial charge in [0.05, 0.1) is 23.1 Å². The second kappa shape index (κ2) is 8.97. The maximum absolute atomic E-state index is 12.2. The molecule has 0 bridgehead atoms. The molecule has 2 saturated heterocycles. The van der Waals surface area contributed by atoms with Crippen LogP contribution in [-0.4, -0.2) is 55.7 Å². The van der Waals surface area contributed by atoms with Gasteiger partial charge < -0.3 is 16.0 Å². The molecule has 3 amide bonds. The highest BCUT2D eigenvalue weighted by Crippen LogP contribution is 2.28. The smallest absolute Gasteiger partial charge is 0.315 e. The first-order valence-corrected chi connectivity index (χ1v) is 11.9. The minimum absolute atomic E-state index is 0.000635. The molecule has 3 N–H and O–H groups in total. The van der Waals surface area contributed by atoms with Crippen LogP contribution in [0.25, 0.3) is 0 Å². The van der Waals surface area contributed by atoms with E-state index in [2.05, 4.69) is 16.0 Å². The van der Waals surface area contributed by atoms with E-state index in [0.29, 0.717) is 32.2 Å². The number of rotatable bonds is 9. The number of carbonyl (C=O) groups is 2. The first kappa shape index (κ1) is 20.0. The summed E-state index contributed by atoms with van der Waals surface area (Å²) >= 11 is 1.69. The SMILES string of the molecule is O=C(CCCCC1C2NC(=O)NC2CS1(=O)=O)NCCSc1ccccc1. The molecule has 27 heavy (non-hydrogen) atoms. The average molecular weight is 412 g/mol. The Morgan fingerprint density at radius 3 is 2.74 bits per heavy atom. The number of urea groups is 1. The van der Waals surface area contributed by atoms with Crippen LogP contribution in [0.5, 0.6) is 0 Å². The van der Waals surface area contributed by atoms with Gasteiger partial charge >= 0.3 is 6.03 Å². The van der Waals surface area contributed by atoms with Crippen molar-refractivity contribution >= 4 is 33.5 Å². The molecular weight excluding hydrogens is 386 g/mol. The number of carbonyl (C=O) groups excluding carboxylic acids is 2. The van der Waals surface area contributed by atoms with E-state index in [-0.39, 0.29) is 29.8 Å². The standard InChI is InChI=1S/C18H25N3O4S2/c22-16(19-10-11-26-13-6-2-1-3-7-13)9-5-4-8-15-17-14(12-27(15,24)25)20-18(23)21-17/h1-3,6-7,14-15,17H,4-5,8-12H2,(H,19,22)(H2,20,21,23). The monoisotopic (exact) mass is 411 g/mol. The molecule has 2 fully saturated rings. The summed E-state index contributed by atoms with van der Waals surface area (Å²) in [4.78, 5) is 24.5. The summed E-state index contributed by atoms with van der Waals surface area (Å²) in [7, 11) is -3.19. The lowest BCUT2D eigenvalue weighted by Gasteiger charge is -2.16. The highest BCUT2D eigenvalue weighted by atomic mass is 32.2. The van der Waals surface area contributed by atoms with Crippen molar-refractivity contribution in [2.45, 2.75) is 47.9 Å². The molecule has 2 aliphatic rings. The molecule has 1 aromatic rings. The third-order valence-corrected chi connectivity index (χ3v) is 8.19. The van der Waals surface area contributed by atoms with Crippen molar-refractivity contribution in [1.29, 1.82) is 0 Å². The van der Waals surface area contributed by atoms with Crippen LogP contribution in [-0.2, 0) is 14.6 Å². The molecule has 3 rings (SSSR count). The van der Waals surface area contributed by atoms with Crippen molar-refractivity contribution in [2.75, 3.05) is 18.1 Å². The summed E-state index contributed by atoms with van der Waals surface area (Å²) in [5.74, 6) is 0.804. The Kier molecular flexibility index (Phi) is 6.64. The molecular formula is C18H25N3O4S2. The van der Waals surface area contributed by atoms with Crippen LogP contribution in [0.4, 0.5) is 4.79 Å². The number of unbranched alkanes of at least 4 members (excludes halogenated alkanes) is 1. The molecule has 7 nitrogen and oxygen atoms in total. The number of hydrogen-bond donors (Lipinski definition) is 3. The first-order chi connectivity index (χ1) is 13.0. The zero-order valence-corrected chi connectivity index (χ0v) is 16.7. The normalized spacial score (nSPS) is 25.5. The number of hydrogen-bond acceptors (Lipinski definition) is 5. The van der Waals surface area contributed by atoms with Crippen molar-refractivity contribution in [3.63, 3.8) is 0 Å². The minimum Gasteiger partial charge on any atom is -0.355 e. The summed E-state index contributed by atoms with van der Waals surface area (Å²) in [6.45, 7) is 0.608. The lowest BCUT2D eigenvalue weighted by molar-refractivity contribution is -0.121. The van der Waals surface area contributed by atoms with Gasteiger partial charge in [0.15, 0.2) is 9.84 Å². The second-order valence-electron chi connectivity index (χ2n) is 6.88. The fourth-order valence-electron chi connectivity index (χ4n) is 3.60. The van der Waals surface area contributed by atoms with E-state index in [9.17, 15) is 18.0 Å².